The Morgan fingerprint density at radius 2 is 2.22 bits per heavy atom. The average molecular weight is 263 g/mol. The first-order valence-electron chi connectivity index (χ1n) is 5.33. The van der Waals surface area contributed by atoms with Gasteiger partial charge in [-0.15, -0.1) is 5.10 Å². The molecule has 0 aliphatic carbocycles. The molecule has 0 saturated heterocycles. The maximum absolute atomic E-state index is 11.6. The lowest BCUT2D eigenvalue weighted by Gasteiger charge is -2.07. The highest BCUT2D eigenvalue weighted by Crippen LogP contribution is 2.17. The van der Waals surface area contributed by atoms with Crippen molar-refractivity contribution in [1.82, 2.24) is 24.6 Å². The van der Waals surface area contributed by atoms with Crippen molar-refractivity contribution in [2.75, 3.05) is 14.1 Å². The highest BCUT2D eigenvalue weighted by molar-refractivity contribution is 7.98. The van der Waals surface area contributed by atoms with Crippen LogP contribution in [0.4, 0.5) is 4.79 Å². The van der Waals surface area contributed by atoms with Gasteiger partial charge < -0.3 is 4.90 Å². The molecular weight excluding hydrogens is 250 g/mol. The quantitative estimate of drug-likeness (QED) is 0.785. The standard InChI is InChI=1S/C11H13N5OS/c1-15(2)11(17)16-8-13-10(14-16)18-7-9-5-3-4-6-12-9/h3-6,8H,7H2,1-2H3. The Bertz CT molecular complexity index is 525. The predicted molar refractivity (Wildman–Crippen MR) is 68.3 cm³/mol. The Labute approximate surface area is 109 Å². The number of rotatable bonds is 3. The van der Waals surface area contributed by atoms with E-state index < -0.39 is 0 Å². The molecule has 0 bridgehead atoms. The Hall–Kier alpha value is -1.89. The van der Waals surface area contributed by atoms with Gasteiger partial charge in [-0.25, -0.2) is 9.78 Å². The van der Waals surface area contributed by atoms with E-state index in [0.717, 1.165) is 5.69 Å². The molecule has 18 heavy (non-hydrogen) atoms. The molecule has 0 atom stereocenters. The zero-order chi connectivity index (χ0) is 13.0. The maximum Gasteiger partial charge on any atom is 0.345 e. The lowest BCUT2D eigenvalue weighted by Crippen LogP contribution is -2.27. The van der Waals surface area contributed by atoms with Crippen LogP contribution in [0.1, 0.15) is 5.69 Å². The zero-order valence-corrected chi connectivity index (χ0v) is 11.0. The fraction of sp³-hybridized carbons (Fsp3) is 0.273. The smallest absolute Gasteiger partial charge is 0.329 e. The van der Waals surface area contributed by atoms with Crippen LogP contribution < -0.4 is 0 Å². The lowest BCUT2D eigenvalue weighted by molar-refractivity contribution is 0.215. The second-order valence-corrected chi connectivity index (χ2v) is 4.70. The Morgan fingerprint density at radius 1 is 1.39 bits per heavy atom. The van der Waals surface area contributed by atoms with Gasteiger partial charge in [0.15, 0.2) is 0 Å². The number of thioether (sulfide) groups is 1. The van der Waals surface area contributed by atoms with Crippen LogP contribution in [0.3, 0.4) is 0 Å². The predicted octanol–water partition coefficient (Wildman–Crippen LogP) is 1.50. The summed E-state index contributed by atoms with van der Waals surface area (Å²) in [6.07, 6.45) is 3.17. The molecule has 1 amide bonds. The van der Waals surface area contributed by atoms with Crippen molar-refractivity contribution in [2.24, 2.45) is 0 Å². The van der Waals surface area contributed by atoms with E-state index in [1.165, 1.54) is 27.7 Å². The third-order valence-corrected chi connectivity index (χ3v) is 3.01. The Kier molecular flexibility index (Phi) is 3.93. The molecule has 0 saturated carbocycles. The fourth-order valence-electron chi connectivity index (χ4n) is 1.23. The van der Waals surface area contributed by atoms with Crippen LogP contribution >= 0.6 is 11.8 Å². The van der Waals surface area contributed by atoms with Gasteiger partial charge in [0.1, 0.15) is 6.33 Å². The van der Waals surface area contributed by atoms with E-state index in [2.05, 4.69) is 15.1 Å². The van der Waals surface area contributed by atoms with E-state index in [4.69, 9.17) is 0 Å². The topological polar surface area (TPSA) is 63.9 Å². The fourth-order valence-corrected chi connectivity index (χ4v) is 1.95. The Balaban J connectivity index is 1.97. The summed E-state index contributed by atoms with van der Waals surface area (Å²) in [7, 11) is 3.34. The summed E-state index contributed by atoms with van der Waals surface area (Å²) < 4.78 is 1.22. The number of carbonyl (C=O) groups is 1. The van der Waals surface area contributed by atoms with Gasteiger partial charge in [-0.3, -0.25) is 4.98 Å². The molecule has 2 aromatic rings. The molecule has 0 N–H and O–H groups in total. The summed E-state index contributed by atoms with van der Waals surface area (Å²) in [4.78, 5) is 21.3. The summed E-state index contributed by atoms with van der Waals surface area (Å²) in [6.45, 7) is 0. The van der Waals surface area contributed by atoms with Crippen molar-refractivity contribution in [3.8, 4) is 0 Å². The minimum absolute atomic E-state index is 0.216. The van der Waals surface area contributed by atoms with E-state index in [9.17, 15) is 4.79 Å². The van der Waals surface area contributed by atoms with Crippen LogP contribution in [0.2, 0.25) is 0 Å². The summed E-state index contributed by atoms with van der Waals surface area (Å²) in [5, 5.41) is 4.66. The molecule has 0 aliphatic heterocycles. The number of hydrogen-bond donors (Lipinski definition) is 0. The van der Waals surface area contributed by atoms with Crippen molar-refractivity contribution in [3.63, 3.8) is 0 Å². The van der Waals surface area contributed by atoms with Crippen LogP contribution in [0.25, 0.3) is 0 Å². The molecule has 2 heterocycles. The zero-order valence-electron chi connectivity index (χ0n) is 10.1. The largest absolute Gasteiger partial charge is 0.345 e. The first kappa shape index (κ1) is 12.6. The number of nitrogens with zero attached hydrogens (tertiary/aromatic N) is 5. The van der Waals surface area contributed by atoms with Gasteiger partial charge in [0.25, 0.3) is 0 Å². The van der Waals surface area contributed by atoms with Gasteiger partial charge in [-0.05, 0) is 12.1 Å². The number of carbonyl (C=O) groups excluding carboxylic acids is 1. The molecule has 7 heteroatoms. The molecule has 2 aromatic heterocycles. The van der Waals surface area contributed by atoms with E-state index >= 15 is 0 Å². The molecule has 0 aromatic carbocycles. The van der Waals surface area contributed by atoms with Gasteiger partial charge >= 0.3 is 6.03 Å². The van der Waals surface area contributed by atoms with Crippen LogP contribution in [0, 0.1) is 0 Å². The normalized spacial score (nSPS) is 10.3. The SMILES string of the molecule is CN(C)C(=O)n1cnc(SCc2ccccn2)n1. The number of pyridine rings is 1. The Morgan fingerprint density at radius 3 is 2.89 bits per heavy atom. The minimum atomic E-state index is -0.216. The second kappa shape index (κ2) is 5.63. The van der Waals surface area contributed by atoms with Crippen LogP contribution in [-0.2, 0) is 5.75 Å². The van der Waals surface area contributed by atoms with Crippen molar-refractivity contribution in [3.05, 3.63) is 36.4 Å². The number of aromatic nitrogens is 4. The highest BCUT2D eigenvalue weighted by atomic mass is 32.2. The van der Waals surface area contributed by atoms with Gasteiger partial charge in [0.2, 0.25) is 5.16 Å². The summed E-state index contributed by atoms with van der Waals surface area (Å²) in [6, 6.07) is 5.53. The van der Waals surface area contributed by atoms with Crippen molar-refractivity contribution >= 4 is 17.8 Å². The van der Waals surface area contributed by atoms with E-state index in [0.29, 0.717) is 10.9 Å². The third kappa shape index (κ3) is 3.07. The van der Waals surface area contributed by atoms with Crippen LogP contribution in [-0.4, -0.2) is 44.8 Å². The maximum atomic E-state index is 11.6. The monoisotopic (exact) mass is 263 g/mol. The molecule has 0 aliphatic rings. The average Bonchev–Trinajstić information content (AvgIpc) is 2.85. The molecule has 0 unspecified atom stereocenters. The van der Waals surface area contributed by atoms with Crippen LogP contribution in [0.5, 0.6) is 0 Å². The second-order valence-electron chi connectivity index (χ2n) is 3.76. The summed E-state index contributed by atoms with van der Waals surface area (Å²) in [5.74, 6) is 0.682. The first-order chi connectivity index (χ1) is 8.66. The molecule has 94 valence electrons. The minimum Gasteiger partial charge on any atom is -0.329 e. The molecular formula is C11H13N5OS. The van der Waals surface area contributed by atoms with E-state index in [1.807, 2.05) is 18.2 Å². The van der Waals surface area contributed by atoms with Crippen molar-refractivity contribution < 1.29 is 4.79 Å². The van der Waals surface area contributed by atoms with Gasteiger partial charge in [-0.1, -0.05) is 17.8 Å². The molecule has 6 nitrogen and oxygen atoms in total. The lowest BCUT2D eigenvalue weighted by atomic mass is 10.4. The highest BCUT2D eigenvalue weighted by Gasteiger charge is 2.10. The molecule has 2 rings (SSSR count). The summed E-state index contributed by atoms with van der Waals surface area (Å²) >= 11 is 1.45. The number of amides is 1. The van der Waals surface area contributed by atoms with Crippen molar-refractivity contribution in [2.45, 2.75) is 10.9 Å². The third-order valence-electron chi connectivity index (χ3n) is 2.12. The first-order valence-corrected chi connectivity index (χ1v) is 6.31. The summed E-state index contributed by atoms with van der Waals surface area (Å²) in [5.41, 5.74) is 0.956. The van der Waals surface area contributed by atoms with Crippen LogP contribution in [0.15, 0.2) is 35.9 Å². The number of hydrogen-bond acceptors (Lipinski definition) is 5. The molecule has 0 fully saturated rings. The van der Waals surface area contributed by atoms with E-state index in [-0.39, 0.29) is 6.03 Å². The van der Waals surface area contributed by atoms with E-state index in [1.54, 1.807) is 20.3 Å². The molecule has 0 radical (unpaired) electrons. The van der Waals surface area contributed by atoms with Gasteiger partial charge in [-0.2, -0.15) is 4.68 Å². The molecule has 0 spiro atoms. The van der Waals surface area contributed by atoms with Gasteiger partial charge in [0.05, 0.1) is 5.69 Å². The van der Waals surface area contributed by atoms with Gasteiger partial charge in [0, 0.05) is 26.0 Å². The van der Waals surface area contributed by atoms with Crippen molar-refractivity contribution in [1.29, 1.82) is 0 Å².